The molecule has 1 aliphatic heterocycles. The van der Waals surface area contributed by atoms with E-state index in [1.807, 2.05) is 12.1 Å². The predicted octanol–water partition coefficient (Wildman–Crippen LogP) is 4.25. The number of nitrogens with one attached hydrogen (secondary N) is 1. The molecule has 0 amide bonds. The zero-order valence-electron chi connectivity index (χ0n) is 11.1. The molecule has 1 heterocycles. The summed E-state index contributed by atoms with van der Waals surface area (Å²) in [4.78, 5) is 0. The maximum absolute atomic E-state index is 6.32. The van der Waals surface area contributed by atoms with Crippen LogP contribution in [0.4, 0.5) is 5.69 Å². The van der Waals surface area contributed by atoms with Gasteiger partial charge in [0.15, 0.2) is 11.5 Å². The predicted molar refractivity (Wildman–Crippen MR) is 77.6 cm³/mol. The van der Waals surface area contributed by atoms with Crippen LogP contribution in [0.3, 0.4) is 0 Å². The Hall–Kier alpha value is -1.09. The van der Waals surface area contributed by atoms with Gasteiger partial charge in [0, 0.05) is 18.2 Å². The van der Waals surface area contributed by atoms with Gasteiger partial charge in [0.2, 0.25) is 0 Å². The second-order valence-corrected chi connectivity index (χ2v) is 5.72. The van der Waals surface area contributed by atoms with Crippen LogP contribution >= 0.6 is 11.6 Å². The highest BCUT2D eigenvalue weighted by Crippen LogP contribution is 2.38. The molecule has 4 heteroatoms. The molecule has 1 aromatic carbocycles. The second-order valence-electron chi connectivity index (χ2n) is 5.31. The molecule has 1 aliphatic carbocycles. The van der Waals surface area contributed by atoms with Crippen molar-refractivity contribution < 1.29 is 9.47 Å². The fourth-order valence-corrected chi connectivity index (χ4v) is 3.03. The van der Waals surface area contributed by atoms with Crippen molar-refractivity contribution >= 4 is 17.3 Å². The van der Waals surface area contributed by atoms with E-state index in [0.717, 1.165) is 17.2 Å². The second kappa shape index (κ2) is 5.91. The van der Waals surface area contributed by atoms with Gasteiger partial charge in [0.1, 0.15) is 13.2 Å². The summed E-state index contributed by atoms with van der Waals surface area (Å²) in [7, 11) is 0. The molecule has 0 saturated heterocycles. The zero-order valence-corrected chi connectivity index (χ0v) is 11.8. The van der Waals surface area contributed by atoms with E-state index < -0.39 is 0 Å². The molecule has 0 bridgehead atoms. The summed E-state index contributed by atoms with van der Waals surface area (Å²) in [6.45, 7) is 1.20. The van der Waals surface area contributed by atoms with Crippen molar-refractivity contribution in [3.05, 3.63) is 17.2 Å². The number of ether oxygens (including phenoxy) is 2. The highest BCUT2D eigenvalue weighted by atomic mass is 35.5. The number of halogens is 1. The first-order valence-corrected chi connectivity index (χ1v) is 7.56. The quantitative estimate of drug-likeness (QED) is 0.822. The first-order chi connectivity index (χ1) is 9.33. The third-order valence-corrected chi connectivity index (χ3v) is 4.16. The average molecular weight is 282 g/mol. The summed E-state index contributed by atoms with van der Waals surface area (Å²) in [5.41, 5.74) is 0.970. The van der Waals surface area contributed by atoms with Gasteiger partial charge in [-0.1, -0.05) is 37.3 Å². The van der Waals surface area contributed by atoms with Crippen LogP contribution in [0.25, 0.3) is 0 Å². The molecule has 0 aromatic heterocycles. The van der Waals surface area contributed by atoms with Crippen molar-refractivity contribution in [1.82, 2.24) is 0 Å². The molecule has 1 fully saturated rings. The Morgan fingerprint density at radius 1 is 0.947 bits per heavy atom. The average Bonchev–Trinajstić information content (AvgIpc) is 2.68. The summed E-state index contributed by atoms with van der Waals surface area (Å²) in [5, 5.41) is 4.29. The van der Waals surface area contributed by atoms with Crippen LogP contribution in [0, 0.1) is 0 Å². The number of rotatable bonds is 2. The monoisotopic (exact) mass is 281 g/mol. The lowest BCUT2D eigenvalue weighted by Crippen LogP contribution is -2.19. The van der Waals surface area contributed by atoms with Crippen LogP contribution in [0.5, 0.6) is 11.5 Å². The van der Waals surface area contributed by atoms with Crippen LogP contribution in [0.2, 0.25) is 5.02 Å². The highest BCUT2D eigenvalue weighted by molar-refractivity contribution is 6.33. The number of benzene rings is 1. The molecule has 0 unspecified atom stereocenters. The minimum absolute atomic E-state index is 0.530. The van der Waals surface area contributed by atoms with Crippen molar-refractivity contribution in [3.8, 4) is 11.5 Å². The first-order valence-electron chi connectivity index (χ1n) is 7.18. The fourth-order valence-electron chi connectivity index (χ4n) is 2.82. The Kier molecular flexibility index (Phi) is 4.02. The van der Waals surface area contributed by atoms with Gasteiger partial charge in [-0.15, -0.1) is 0 Å². The van der Waals surface area contributed by atoms with E-state index in [1.165, 1.54) is 38.5 Å². The zero-order chi connectivity index (χ0) is 13.1. The lowest BCUT2D eigenvalue weighted by Gasteiger charge is -2.23. The molecule has 1 saturated carbocycles. The Morgan fingerprint density at radius 3 is 2.26 bits per heavy atom. The Bertz CT molecular complexity index is 442. The Labute approximate surface area is 119 Å². The minimum atomic E-state index is 0.530. The van der Waals surface area contributed by atoms with Gasteiger partial charge in [-0.3, -0.25) is 0 Å². The van der Waals surface area contributed by atoms with E-state index >= 15 is 0 Å². The van der Waals surface area contributed by atoms with Crippen molar-refractivity contribution in [2.24, 2.45) is 0 Å². The number of anilines is 1. The lowest BCUT2D eigenvalue weighted by molar-refractivity contribution is 0.171. The normalized spacial score (nSPS) is 19.8. The number of hydrogen-bond donors (Lipinski definition) is 1. The van der Waals surface area contributed by atoms with E-state index in [9.17, 15) is 0 Å². The molecule has 19 heavy (non-hydrogen) atoms. The standard InChI is InChI=1S/C15H20ClNO2/c16-12-9-14-15(19-8-7-18-14)10-13(12)17-11-5-3-1-2-4-6-11/h9-11,17H,1-8H2. The largest absolute Gasteiger partial charge is 0.486 e. The molecular weight excluding hydrogens is 262 g/mol. The van der Waals surface area contributed by atoms with E-state index in [2.05, 4.69) is 5.32 Å². The van der Waals surface area contributed by atoms with E-state index in [4.69, 9.17) is 21.1 Å². The Morgan fingerprint density at radius 2 is 1.58 bits per heavy atom. The summed E-state index contributed by atoms with van der Waals surface area (Å²) in [5.74, 6) is 1.55. The van der Waals surface area contributed by atoms with E-state index in [1.54, 1.807) is 0 Å². The van der Waals surface area contributed by atoms with Crippen LogP contribution in [0.1, 0.15) is 38.5 Å². The minimum Gasteiger partial charge on any atom is -0.486 e. The van der Waals surface area contributed by atoms with E-state index in [-0.39, 0.29) is 0 Å². The molecule has 104 valence electrons. The number of fused-ring (bicyclic) bond motifs is 1. The molecule has 0 radical (unpaired) electrons. The summed E-state index contributed by atoms with van der Waals surface area (Å²) >= 11 is 6.32. The third kappa shape index (κ3) is 3.08. The molecule has 0 spiro atoms. The maximum Gasteiger partial charge on any atom is 0.163 e. The summed E-state index contributed by atoms with van der Waals surface area (Å²) < 4.78 is 11.1. The van der Waals surface area contributed by atoms with Crippen molar-refractivity contribution in [1.29, 1.82) is 0 Å². The SMILES string of the molecule is Clc1cc2c(cc1NC1CCCCCC1)OCCO2. The van der Waals surface area contributed by atoms with Crippen molar-refractivity contribution in [2.45, 2.75) is 44.6 Å². The van der Waals surface area contributed by atoms with Crippen LogP contribution in [0.15, 0.2) is 12.1 Å². The van der Waals surface area contributed by atoms with Crippen LogP contribution in [-0.4, -0.2) is 19.3 Å². The summed E-state index contributed by atoms with van der Waals surface area (Å²) in [6, 6.07) is 4.36. The maximum atomic E-state index is 6.32. The molecular formula is C15H20ClNO2. The lowest BCUT2D eigenvalue weighted by atomic mass is 10.1. The molecule has 2 aliphatic rings. The third-order valence-electron chi connectivity index (χ3n) is 3.85. The van der Waals surface area contributed by atoms with Gasteiger partial charge in [-0.2, -0.15) is 0 Å². The van der Waals surface area contributed by atoms with Gasteiger partial charge in [0.05, 0.1) is 10.7 Å². The topological polar surface area (TPSA) is 30.5 Å². The molecule has 1 aromatic rings. The van der Waals surface area contributed by atoms with Crippen molar-refractivity contribution in [3.63, 3.8) is 0 Å². The van der Waals surface area contributed by atoms with Crippen LogP contribution in [-0.2, 0) is 0 Å². The van der Waals surface area contributed by atoms with Gasteiger partial charge in [-0.05, 0) is 12.8 Å². The molecule has 3 nitrogen and oxygen atoms in total. The fraction of sp³-hybridized carbons (Fsp3) is 0.600. The van der Waals surface area contributed by atoms with Gasteiger partial charge >= 0.3 is 0 Å². The molecule has 3 rings (SSSR count). The van der Waals surface area contributed by atoms with Crippen LogP contribution < -0.4 is 14.8 Å². The summed E-state index contributed by atoms with van der Waals surface area (Å²) in [6.07, 6.45) is 7.77. The number of hydrogen-bond acceptors (Lipinski definition) is 3. The van der Waals surface area contributed by atoms with Gasteiger partial charge in [-0.25, -0.2) is 0 Å². The van der Waals surface area contributed by atoms with Gasteiger partial charge in [0.25, 0.3) is 0 Å². The first kappa shape index (κ1) is 12.9. The molecule has 0 atom stereocenters. The molecule has 1 N–H and O–H groups in total. The highest BCUT2D eigenvalue weighted by Gasteiger charge is 2.18. The van der Waals surface area contributed by atoms with E-state index in [0.29, 0.717) is 24.3 Å². The van der Waals surface area contributed by atoms with Crippen molar-refractivity contribution in [2.75, 3.05) is 18.5 Å². The smallest absolute Gasteiger partial charge is 0.163 e. The van der Waals surface area contributed by atoms with Gasteiger partial charge < -0.3 is 14.8 Å². The Balaban J connectivity index is 1.76.